The van der Waals surface area contributed by atoms with E-state index in [-0.39, 0.29) is 23.9 Å². The van der Waals surface area contributed by atoms with Gasteiger partial charge in [0.05, 0.1) is 12.7 Å². The van der Waals surface area contributed by atoms with Crippen LogP contribution in [0.3, 0.4) is 0 Å². The van der Waals surface area contributed by atoms with Crippen LogP contribution in [0.15, 0.2) is 0 Å². The predicted molar refractivity (Wildman–Crippen MR) is 68.1 cm³/mol. The van der Waals surface area contributed by atoms with Crippen molar-refractivity contribution in [2.75, 3.05) is 13.2 Å². The molecule has 3 nitrogen and oxygen atoms in total. The lowest BCUT2D eigenvalue weighted by molar-refractivity contribution is 0.240. The van der Waals surface area contributed by atoms with Crippen molar-refractivity contribution < 1.29 is 14.3 Å². The maximum absolute atomic E-state index is 8.82. The highest BCUT2D eigenvalue weighted by Crippen LogP contribution is 2.36. The van der Waals surface area contributed by atoms with Crippen molar-refractivity contribution in [1.82, 2.24) is 0 Å². The molecule has 0 spiro atoms. The van der Waals surface area contributed by atoms with Crippen molar-refractivity contribution >= 4 is 8.32 Å². The van der Waals surface area contributed by atoms with Gasteiger partial charge >= 0.3 is 0 Å². The summed E-state index contributed by atoms with van der Waals surface area (Å²) in [5.41, 5.74) is 0. The Morgan fingerprint density at radius 2 is 1.88 bits per heavy atom. The monoisotopic (exact) mass is 246 g/mol. The number of ether oxygens (including phenoxy) is 1. The second kappa shape index (κ2) is 5.17. The van der Waals surface area contributed by atoms with E-state index in [0.29, 0.717) is 0 Å². The number of hydrogen-bond acceptors (Lipinski definition) is 3. The number of rotatable bonds is 6. The minimum Gasteiger partial charge on any atom is -0.417 e. The van der Waals surface area contributed by atoms with E-state index in [4.69, 9.17) is 14.3 Å². The van der Waals surface area contributed by atoms with E-state index in [1.54, 1.807) is 0 Å². The van der Waals surface area contributed by atoms with Crippen LogP contribution in [0.4, 0.5) is 0 Å². The summed E-state index contributed by atoms with van der Waals surface area (Å²) >= 11 is 0. The van der Waals surface area contributed by atoms with E-state index in [2.05, 4.69) is 33.9 Å². The van der Waals surface area contributed by atoms with Crippen molar-refractivity contribution in [3.05, 3.63) is 0 Å². The summed E-state index contributed by atoms with van der Waals surface area (Å²) in [6, 6.07) is 0. The third-order valence-corrected chi connectivity index (χ3v) is 8.31. The summed E-state index contributed by atoms with van der Waals surface area (Å²) in [6.45, 7) is 12.3. The van der Waals surface area contributed by atoms with Crippen molar-refractivity contribution in [2.24, 2.45) is 0 Å². The number of aliphatic hydroxyl groups is 1. The SMILES string of the molecule is CC(C)(C)[Si](C)(C)OCCC[C@@H]1O[C@H]1CO. The van der Waals surface area contributed by atoms with Gasteiger partial charge in [0.1, 0.15) is 6.10 Å². The molecule has 0 saturated carbocycles. The maximum atomic E-state index is 8.82. The van der Waals surface area contributed by atoms with Crippen LogP contribution in [0.1, 0.15) is 33.6 Å². The standard InChI is InChI=1S/C12H26O3Si/c1-12(2,3)16(4,5)14-8-6-7-10-11(9-13)15-10/h10-11,13H,6-9H2,1-5H3/t10-,11-/m0/s1. The highest BCUT2D eigenvalue weighted by molar-refractivity contribution is 6.74. The first-order valence-corrected chi connectivity index (χ1v) is 9.09. The smallest absolute Gasteiger partial charge is 0.191 e. The number of epoxide rings is 1. The van der Waals surface area contributed by atoms with Crippen LogP contribution in [0, 0.1) is 0 Å². The van der Waals surface area contributed by atoms with Crippen LogP contribution in [0.25, 0.3) is 0 Å². The molecule has 96 valence electrons. The largest absolute Gasteiger partial charge is 0.417 e. The maximum Gasteiger partial charge on any atom is 0.191 e. The van der Waals surface area contributed by atoms with Crippen LogP contribution in [-0.4, -0.2) is 38.8 Å². The molecule has 0 aromatic carbocycles. The van der Waals surface area contributed by atoms with Crippen LogP contribution in [0.2, 0.25) is 18.1 Å². The third kappa shape index (κ3) is 3.84. The molecule has 1 saturated heterocycles. The lowest BCUT2D eigenvalue weighted by atomic mass is 10.2. The average molecular weight is 246 g/mol. The van der Waals surface area contributed by atoms with Gasteiger partial charge in [-0.2, -0.15) is 0 Å². The highest BCUT2D eigenvalue weighted by atomic mass is 28.4. The summed E-state index contributed by atoms with van der Waals surface area (Å²) in [4.78, 5) is 0. The quantitative estimate of drug-likeness (QED) is 0.445. The summed E-state index contributed by atoms with van der Waals surface area (Å²) in [5, 5.41) is 9.11. The molecule has 16 heavy (non-hydrogen) atoms. The van der Waals surface area contributed by atoms with Gasteiger partial charge in [-0.05, 0) is 31.0 Å². The van der Waals surface area contributed by atoms with Crippen LogP contribution in [-0.2, 0) is 9.16 Å². The zero-order valence-corrected chi connectivity index (χ0v) is 12.2. The zero-order valence-electron chi connectivity index (χ0n) is 11.2. The van der Waals surface area contributed by atoms with Crippen molar-refractivity contribution in [2.45, 2.75) is 64.0 Å². The highest BCUT2D eigenvalue weighted by Gasteiger charge is 2.39. The van der Waals surface area contributed by atoms with Crippen LogP contribution >= 0.6 is 0 Å². The fraction of sp³-hybridized carbons (Fsp3) is 1.00. The van der Waals surface area contributed by atoms with Crippen molar-refractivity contribution in [1.29, 1.82) is 0 Å². The summed E-state index contributed by atoms with van der Waals surface area (Å²) in [6.07, 6.45) is 2.44. The minimum atomic E-state index is -1.57. The normalized spacial score (nSPS) is 25.9. The Balaban J connectivity index is 2.11. The lowest BCUT2D eigenvalue weighted by Gasteiger charge is -2.36. The molecule has 1 fully saturated rings. The molecular weight excluding hydrogens is 220 g/mol. The fourth-order valence-corrected chi connectivity index (χ4v) is 2.51. The van der Waals surface area contributed by atoms with E-state index in [9.17, 15) is 0 Å². The topological polar surface area (TPSA) is 42.0 Å². The van der Waals surface area contributed by atoms with E-state index >= 15 is 0 Å². The Hall–Kier alpha value is 0.0969. The first-order valence-electron chi connectivity index (χ1n) is 6.18. The molecule has 1 heterocycles. The second-order valence-electron chi connectivity index (χ2n) is 6.15. The first kappa shape index (κ1) is 14.2. The van der Waals surface area contributed by atoms with Gasteiger partial charge in [0, 0.05) is 6.61 Å². The van der Waals surface area contributed by atoms with Gasteiger partial charge in [-0.1, -0.05) is 20.8 Å². The molecule has 1 rings (SSSR count). The van der Waals surface area contributed by atoms with Gasteiger partial charge in [-0.25, -0.2) is 0 Å². The van der Waals surface area contributed by atoms with Gasteiger partial charge in [-0.15, -0.1) is 0 Å². The van der Waals surface area contributed by atoms with Crippen LogP contribution in [0.5, 0.6) is 0 Å². The summed E-state index contributed by atoms with van der Waals surface area (Å²) in [7, 11) is -1.57. The molecule has 0 unspecified atom stereocenters. The molecule has 0 aliphatic carbocycles. The van der Waals surface area contributed by atoms with E-state index in [0.717, 1.165) is 19.4 Å². The zero-order chi connectivity index (χ0) is 12.4. The van der Waals surface area contributed by atoms with Crippen molar-refractivity contribution in [3.8, 4) is 0 Å². The second-order valence-corrected chi connectivity index (χ2v) is 11.0. The molecular formula is C12H26O3Si. The first-order chi connectivity index (χ1) is 7.28. The molecule has 1 aliphatic rings. The van der Waals surface area contributed by atoms with Gasteiger partial charge in [0.2, 0.25) is 0 Å². The van der Waals surface area contributed by atoms with E-state index < -0.39 is 8.32 Å². The molecule has 0 amide bonds. The molecule has 0 bridgehead atoms. The Kier molecular flexibility index (Phi) is 4.57. The minimum absolute atomic E-state index is 0.105. The summed E-state index contributed by atoms with van der Waals surface area (Å²) in [5.74, 6) is 0. The molecule has 4 heteroatoms. The number of aliphatic hydroxyl groups excluding tert-OH is 1. The molecule has 2 atom stereocenters. The molecule has 1 aliphatic heterocycles. The van der Waals surface area contributed by atoms with Gasteiger partial charge in [-0.3, -0.25) is 0 Å². The Morgan fingerprint density at radius 3 is 2.31 bits per heavy atom. The molecule has 0 aromatic heterocycles. The average Bonchev–Trinajstić information content (AvgIpc) is 2.89. The summed E-state index contributed by atoms with van der Waals surface area (Å²) < 4.78 is 11.3. The molecule has 0 aromatic rings. The van der Waals surface area contributed by atoms with E-state index in [1.165, 1.54) is 0 Å². The van der Waals surface area contributed by atoms with E-state index in [1.807, 2.05) is 0 Å². The lowest BCUT2D eigenvalue weighted by Crippen LogP contribution is -2.41. The van der Waals surface area contributed by atoms with Gasteiger partial charge < -0.3 is 14.3 Å². The van der Waals surface area contributed by atoms with Gasteiger partial charge in [0.15, 0.2) is 8.32 Å². The fourth-order valence-electron chi connectivity index (χ4n) is 1.42. The van der Waals surface area contributed by atoms with Crippen molar-refractivity contribution in [3.63, 3.8) is 0 Å². The Morgan fingerprint density at radius 1 is 1.25 bits per heavy atom. The molecule has 0 radical (unpaired) electrons. The Labute approximate surface area is 100 Å². The van der Waals surface area contributed by atoms with Gasteiger partial charge in [0.25, 0.3) is 0 Å². The number of hydrogen-bond donors (Lipinski definition) is 1. The predicted octanol–water partition coefficient (Wildman–Crippen LogP) is 2.55. The Bertz CT molecular complexity index is 223. The van der Waals surface area contributed by atoms with Crippen LogP contribution < -0.4 is 0 Å². The molecule has 1 N–H and O–H groups in total. The third-order valence-electron chi connectivity index (χ3n) is 3.77.